The van der Waals surface area contributed by atoms with Crippen molar-refractivity contribution in [2.75, 3.05) is 30.9 Å². The van der Waals surface area contributed by atoms with E-state index in [4.69, 9.17) is 0 Å². The van der Waals surface area contributed by atoms with Crippen LogP contribution < -0.4 is 5.32 Å². The van der Waals surface area contributed by atoms with E-state index in [1.165, 1.54) is 24.6 Å². The molecule has 1 fully saturated rings. The van der Waals surface area contributed by atoms with E-state index in [1.807, 2.05) is 0 Å². The quantitative estimate of drug-likeness (QED) is 0.436. The molecule has 0 unspecified atom stereocenters. The standard InChI is InChI=1S/C5H12NS/c1-7-4-2-6-3-5-7/h6H,2-5H2,1H3/q+1. The molecular formula is C5H12NS+. The molecular weight excluding hydrogens is 106 g/mol. The van der Waals surface area contributed by atoms with Crippen LogP contribution in [0.4, 0.5) is 0 Å². The molecule has 0 atom stereocenters. The van der Waals surface area contributed by atoms with Gasteiger partial charge in [0, 0.05) is 13.1 Å². The molecule has 0 aromatic rings. The normalized spacial score (nSPS) is 25.3. The Hall–Kier alpha value is 0.310. The van der Waals surface area contributed by atoms with Crippen LogP contribution in [0, 0.1) is 0 Å². The maximum absolute atomic E-state index is 3.32. The van der Waals surface area contributed by atoms with Crippen molar-refractivity contribution >= 4 is 10.9 Å². The summed E-state index contributed by atoms with van der Waals surface area (Å²) in [5, 5.41) is 3.32. The summed E-state index contributed by atoms with van der Waals surface area (Å²) in [7, 11) is 0.747. The molecule has 1 rings (SSSR count). The molecule has 0 radical (unpaired) electrons. The van der Waals surface area contributed by atoms with Gasteiger partial charge in [0.25, 0.3) is 0 Å². The minimum atomic E-state index is 0.747. The molecule has 7 heavy (non-hydrogen) atoms. The molecule has 0 spiro atoms. The average Bonchev–Trinajstić information content (AvgIpc) is 1.69. The van der Waals surface area contributed by atoms with E-state index < -0.39 is 0 Å². The topological polar surface area (TPSA) is 12.0 Å². The fourth-order valence-corrected chi connectivity index (χ4v) is 1.91. The van der Waals surface area contributed by atoms with E-state index in [2.05, 4.69) is 11.6 Å². The highest BCUT2D eigenvalue weighted by Crippen LogP contribution is 1.92. The largest absolute Gasteiger partial charge is 0.308 e. The first-order valence-corrected chi connectivity index (χ1v) is 4.66. The van der Waals surface area contributed by atoms with E-state index in [1.54, 1.807) is 0 Å². The summed E-state index contributed by atoms with van der Waals surface area (Å²) >= 11 is 0. The zero-order valence-corrected chi connectivity index (χ0v) is 5.55. The molecule has 1 N–H and O–H groups in total. The maximum atomic E-state index is 3.32. The first-order chi connectivity index (χ1) is 3.39. The second kappa shape index (κ2) is 2.58. The van der Waals surface area contributed by atoms with Gasteiger partial charge >= 0.3 is 0 Å². The SMILES string of the molecule is C[S+]1CCNCC1. The molecule has 0 aliphatic carbocycles. The van der Waals surface area contributed by atoms with Crippen molar-refractivity contribution in [1.29, 1.82) is 0 Å². The van der Waals surface area contributed by atoms with E-state index >= 15 is 0 Å². The van der Waals surface area contributed by atoms with Crippen molar-refractivity contribution in [2.45, 2.75) is 0 Å². The summed E-state index contributed by atoms with van der Waals surface area (Å²) in [6, 6.07) is 0. The number of hydrogen-bond donors (Lipinski definition) is 1. The van der Waals surface area contributed by atoms with Crippen LogP contribution in [-0.4, -0.2) is 30.9 Å². The lowest BCUT2D eigenvalue weighted by Crippen LogP contribution is -2.35. The predicted octanol–water partition coefficient (Wildman–Crippen LogP) is -0.162. The third-order valence-corrected chi connectivity index (χ3v) is 3.06. The first kappa shape index (κ1) is 5.45. The Morgan fingerprint density at radius 2 is 1.86 bits per heavy atom. The third-order valence-electron chi connectivity index (χ3n) is 1.25. The van der Waals surface area contributed by atoms with Crippen LogP contribution in [0.2, 0.25) is 0 Å². The van der Waals surface area contributed by atoms with Gasteiger partial charge in [0.2, 0.25) is 0 Å². The van der Waals surface area contributed by atoms with E-state index in [0.29, 0.717) is 0 Å². The zero-order valence-electron chi connectivity index (χ0n) is 4.74. The highest BCUT2D eigenvalue weighted by atomic mass is 32.2. The summed E-state index contributed by atoms with van der Waals surface area (Å²) in [5.41, 5.74) is 0. The van der Waals surface area contributed by atoms with E-state index in [-0.39, 0.29) is 0 Å². The van der Waals surface area contributed by atoms with Gasteiger partial charge in [0.05, 0.1) is 6.26 Å². The fraction of sp³-hybridized carbons (Fsp3) is 1.00. The van der Waals surface area contributed by atoms with Crippen molar-refractivity contribution < 1.29 is 0 Å². The van der Waals surface area contributed by atoms with Crippen molar-refractivity contribution in [3.05, 3.63) is 0 Å². The van der Waals surface area contributed by atoms with Gasteiger partial charge in [-0.05, 0) is 10.9 Å². The minimum absolute atomic E-state index is 0.747. The van der Waals surface area contributed by atoms with Crippen LogP contribution >= 0.6 is 0 Å². The van der Waals surface area contributed by atoms with Crippen molar-refractivity contribution in [2.24, 2.45) is 0 Å². The molecule has 1 saturated heterocycles. The van der Waals surface area contributed by atoms with Crippen molar-refractivity contribution in [3.63, 3.8) is 0 Å². The summed E-state index contributed by atoms with van der Waals surface area (Å²) in [6.45, 7) is 2.50. The molecule has 0 aromatic heterocycles. The molecule has 0 aromatic carbocycles. The Morgan fingerprint density at radius 3 is 2.14 bits per heavy atom. The van der Waals surface area contributed by atoms with E-state index in [9.17, 15) is 0 Å². The van der Waals surface area contributed by atoms with Gasteiger partial charge in [-0.2, -0.15) is 0 Å². The molecule has 0 saturated carbocycles. The molecule has 1 nitrogen and oxygen atoms in total. The van der Waals surface area contributed by atoms with Crippen LogP contribution in [0.5, 0.6) is 0 Å². The number of hydrogen-bond acceptors (Lipinski definition) is 1. The molecule has 0 amide bonds. The average molecular weight is 118 g/mol. The smallest absolute Gasteiger partial charge is 0.120 e. The summed E-state index contributed by atoms with van der Waals surface area (Å²) < 4.78 is 0. The maximum Gasteiger partial charge on any atom is 0.120 e. The Labute approximate surface area is 47.8 Å². The van der Waals surface area contributed by atoms with Gasteiger partial charge in [0.15, 0.2) is 0 Å². The van der Waals surface area contributed by atoms with Crippen LogP contribution in [-0.2, 0) is 10.9 Å². The van der Waals surface area contributed by atoms with Gasteiger partial charge in [0.1, 0.15) is 11.5 Å². The van der Waals surface area contributed by atoms with Crippen molar-refractivity contribution in [1.82, 2.24) is 5.32 Å². The van der Waals surface area contributed by atoms with Gasteiger partial charge in [-0.15, -0.1) is 0 Å². The lowest BCUT2D eigenvalue weighted by Gasteiger charge is -2.09. The number of rotatable bonds is 0. The van der Waals surface area contributed by atoms with Crippen LogP contribution in [0.1, 0.15) is 0 Å². The van der Waals surface area contributed by atoms with Gasteiger partial charge in [-0.25, -0.2) is 0 Å². The van der Waals surface area contributed by atoms with E-state index in [0.717, 1.165) is 10.9 Å². The molecule has 42 valence electrons. The van der Waals surface area contributed by atoms with Crippen LogP contribution in [0.15, 0.2) is 0 Å². The zero-order chi connectivity index (χ0) is 5.11. The fourth-order valence-electron chi connectivity index (χ4n) is 0.720. The third kappa shape index (κ3) is 1.70. The molecule has 0 bridgehead atoms. The van der Waals surface area contributed by atoms with Crippen LogP contribution in [0.25, 0.3) is 0 Å². The second-order valence-corrected chi connectivity index (χ2v) is 4.32. The molecule has 1 heterocycles. The Morgan fingerprint density at radius 1 is 1.29 bits per heavy atom. The minimum Gasteiger partial charge on any atom is -0.308 e. The summed E-state index contributed by atoms with van der Waals surface area (Å²) in [5.74, 6) is 2.81. The molecule has 1 aliphatic heterocycles. The highest BCUT2D eigenvalue weighted by molar-refractivity contribution is 7.96. The van der Waals surface area contributed by atoms with Crippen molar-refractivity contribution in [3.8, 4) is 0 Å². The summed E-state index contributed by atoms with van der Waals surface area (Å²) in [6.07, 6.45) is 2.35. The second-order valence-electron chi connectivity index (χ2n) is 1.94. The Kier molecular flexibility index (Phi) is 2.00. The molecule has 2 heteroatoms. The first-order valence-electron chi connectivity index (χ1n) is 2.69. The Bertz CT molecular complexity index is 50.0. The number of nitrogens with one attached hydrogen (secondary N) is 1. The monoisotopic (exact) mass is 118 g/mol. The van der Waals surface area contributed by atoms with Crippen LogP contribution in [0.3, 0.4) is 0 Å². The lowest BCUT2D eigenvalue weighted by atomic mass is 10.6. The highest BCUT2D eigenvalue weighted by Gasteiger charge is 2.13. The molecule has 1 aliphatic rings. The Balaban J connectivity index is 2.12. The van der Waals surface area contributed by atoms with Gasteiger partial charge in [-0.3, -0.25) is 0 Å². The van der Waals surface area contributed by atoms with Gasteiger partial charge < -0.3 is 5.32 Å². The predicted molar refractivity (Wildman–Crippen MR) is 35.9 cm³/mol. The van der Waals surface area contributed by atoms with Gasteiger partial charge in [-0.1, -0.05) is 0 Å². The summed E-state index contributed by atoms with van der Waals surface area (Å²) in [4.78, 5) is 0. The lowest BCUT2D eigenvalue weighted by molar-refractivity contribution is 0.751.